The number of hydrogen-bond donors (Lipinski definition) is 1. The van der Waals surface area contributed by atoms with Crippen LogP contribution < -0.4 is 0 Å². The molecule has 10 heteroatoms. The van der Waals surface area contributed by atoms with E-state index in [0.717, 1.165) is 12.8 Å². The molecule has 4 rings (SSSR count). The minimum atomic E-state index is -3.59. The summed E-state index contributed by atoms with van der Waals surface area (Å²) in [5.41, 5.74) is 1.37. The van der Waals surface area contributed by atoms with Gasteiger partial charge in [0.15, 0.2) is 9.84 Å². The first kappa shape index (κ1) is 27.9. The number of sulfone groups is 1. The maximum Gasteiger partial charge on any atom is 0.306 e. The molecule has 2 aromatic rings. The van der Waals surface area contributed by atoms with Gasteiger partial charge < -0.3 is 14.7 Å². The van der Waals surface area contributed by atoms with Crippen LogP contribution in [0.4, 0.5) is 0 Å². The Morgan fingerprint density at radius 1 is 1.05 bits per heavy atom. The molecule has 1 aliphatic heterocycles. The zero-order chi connectivity index (χ0) is 27.1. The van der Waals surface area contributed by atoms with Gasteiger partial charge in [0, 0.05) is 10.0 Å². The first-order valence-electron chi connectivity index (χ1n) is 12.3. The molecule has 37 heavy (non-hydrogen) atoms. The Morgan fingerprint density at radius 2 is 1.70 bits per heavy atom. The van der Waals surface area contributed by atoms with Crippen LogP contribution in [-0.4, -0.2) is 52.9 Å². The zero-order valence-corrected chi connectivity index (χ0v) is 23.2. The zero-order valence-electron chi connectivity index (χ0n) is 20.9. The number of nitrogens with zero attached hydrogens (tertiary/aromatic N) is 1. The molecule has 0 spiro atoms. The van der Waals surface area contributed by atoms with E-state index in [1.165, 1.54) is 0 Å². The second-order valence-corrected chi connectivity index (χ2v) is 13.8. The molecule has 0 unspecified atom stereocenters. The third-order valence-electron chi connectivity index (χ3n) is 7.26. The molecule has 1 amide bonds. The van der Waals surface area contributed by atoms with Crippen molar-refractivity contribution in [2.24, 2.45) is 5.92 Å². The molecule has 7 nitrogen and oxygen atoms in total. The van der Waals surface area contributed by atoms with Crippen molar-refractivity contribution in [1.82, 2.24) is 4.90 Å². The number of aliphatic carboxylic acids is 1. The highest BCUT2D eigenvalue weighted by molar-refractivity contribution is 7.92. The highest BCUT2D eigenvalue weighted by Crippen LogP contribution is 2.49. The Morgan fingerprint density at radius 3 is 2.24 bits per heavy atom. The summed E-state index contributed by atoms with van der Waals surface area (Å²) >= 11 is 12.5. The first-order chi connectivity index (χ1) is 17.4. The lowest BCUT2D eigenvalue weighted by molar-refractivity contribution is -0.184. The van der Waals surface area contributed by atoms with Crippen LogP contribution in [0.3, 0.4) is 0 Å². The lowest BCUT2D eigenvalue weighted by Crippen LogP contribution is -2.59. The number of halogens is 2. The van der Waals surface area contributed by atoms with Crippen LogP contribution in [0.2, 0.25) is 10.0 Å². The molecule has 0 aromatic heterocycles. The predicted molar refractivity (Wildman–Crippen MR) is 142 cm³/mol. The number of carbonyl (C=O) groups excluding carboxylic acids is 1. The van der Waals surface area contributed by atoms with Gasteiger partial charge in [0.25, 0.3) is 5.91 Å². The summed E-state index contributed by atoms with van der Waals surface area (Å²) < 4.78 is 33.0. The molecule has 0 bridgehead atoms. The second-order valence-electron chi connectivity index (χ2n) is 10.1. The summed E-state index contributed by atoms with van der Waals surface area (Å²) in [6.07, 6.45) is -1.03. The highest BCUT2D eigenvalue weighted by Gasteiger charge is 2.54. The fraction of sp³-hybridized carbons (Fsp3) is 0.481. The third kappa shape index (κ3) is 5.82. The molecule has 0 radical (unpaired) electrons. The van der Waals surface area contributed by atoms with E-state index in [2.05, 4.69) is 0 Å². The molecule has 2 aliphatic rings. The normalized spacial score (nSPS) is 24.2. The van der Waals surface area contributed by atoms with E-state index in [9.17, 15) is 23.1 Å². The van der Waals surface area contributed by atoms with Gasteiger partial charge in [0.1, 0.15) is 12.2 Å². The van der Waals surface area contributed by atoms with Crippen LogP contribution in [0.5, 0.6) is 0 Å². The number of amides is 1. The van der Waals surface area contributed by atoms with E-state index in [4.69, 9.17) is 27.9 Å². The second kappa shape index (κ2) is 10.9. The summed E-state index contributed by atoms with van der Waals surface area (Å²) in [5.74, 6) is -1.73. The van der Waals surface area contributed by atoms with E-state index in [1.54, 1.807) is 68.1 Å². The van der Waals surface area contributed by atoms with Crippen molar-refractivity contribution >= 4 is 44.9 Å². The van der Waals surface area contributed by atoms with Crippen LogP contribution >= 0.6 is 23.2 Å². The van der Waals surface area contributed by atoms with Gasteiger partial charge >= 0.3 is 5.97 Å². The van der Waals surface area contributed by atoms with Gasteiger partial charge in [0.05, 0.1) is 29.0 Å². The molecule has 1 saturated heterocycles. The summed E-state index contributed by atoms with van der Waals surface area (Å²) in [6, 6.07) is 12.6. The molecule has 2 fully saturated rings. The van der Waals surface area contributed by atoms with E-state index in [1.807, 2.05) is 6.07 Å². The number of carbonyl (C=O) groups is 2. The Labute approximate surface area is 227 Å². The Bertz CT molecular complexity index is 1260. The molecule has 1 aliphatic carbocycles. The SMILES string of the molecule is CC(C)S(=O)(=O)[C@@H](C)[C@H](C1CC1)N1C(=O)[C@@H](CC(=O)O)O[C@H](c2cccc(Cl)c2)[C@H]1c1ccc(Cl)cc1. The topological polar surface area (TPSA) is 101 Å². The van der Waals surface area contributed by atoms with Crippen LogP contribution in [-0.2, 0) is 24.2 Å². The van der Waals surface area contributed by atoms with Crippen molar-refractivity contribution in [2.45, 2.75) is 74.8 Å². The van der Waals surface area contributed by atoms with E-state index in [-0.39, 0.29) is 5.92 Å². The number of benzene rings is 2. The Hall–Kier alpha value is -2.13. The van der Waals surface area contributed by atoms with Crippen molar-refractivity contribution in [1.29, 1.82) is 0 Å². The monoisotopic (exact) mass is 567 g/mol. The fourth-order valence-corrected chi connectivity index (χ4v) is 7.15. The van der Waals surface area contributed by atoms with Gasteiger partial charge in [-0.1, -0.05) is 47.5 Å². The first-order valence-corrected chi connectivity index (χ1v) is 14.7. The number of carboxylic acid groups (broad SMARTS) is 1. The van der Waals surface area contributed by atoms with Crippen molar-refractivity contribution in [3.63, 3.8) is 0 Å². The Kier molecular flexibility index (Phi) is 8.24. The summed E-state index contributed by atoms with van der Waals surface area (Å²) in [7, 11) is -3.59. The number of hydrogen-bond acceptors (Lipinski definition) is 5. The summed E-state index contributed by atoms with van der Waals surface area (Å²) in [6.45, 7) is 4.92. The summed E-state index contributed by atoms with van der Waals surface area (Å²) in [4.78, 5) is 27.3. The molecule has 1 saturated carbocycles. The molecular weight excluding hydrogens is 537 g/mol. The average molecular weight is 569 g/mol. The summed E-state index contributed by atoms with van der Waals surface area (Å²) in [5, 5.41) is 9.05. The van der Waals surface area contributed by atoms with E-state index < -0.39 is 62.9 Å². The maximum atomic E-state index is 14.0. The average Bonchev–Trinajstić information content (AvgIpc) is 3.66. The minimum Gasteiger partial charge on any atom is -0.481 e. The molecule has 200 valence electrons. The van der Waals surface area contributed by atoms with Crippen LogP contribution in [0.1, 0.15) is 63.3 Å². The van der Waals surface area contributed by atoms with Gasteiger partial charge in [0.2, 0.25) is 0 Å². The number of ether oxygens (including phenoxy) is 1. The number of morpholine rings is 1. The molecular formula is C27H31Cl2NO6S. The number of carboxylic acids is 1. The van der Waals surface area contributed by atoms with Gasteiger partial charge in [-0.05, 0) is 74.9 Å². The van der Waals surface area contributed by atoms with Crippen LogP contribution in [0.25, 0.3) is 0 Å². The number of rotatable bonds is 9. The molecule has 5 atom stereocenters. The maximum absolute atomic E-state index is 14.0. The molecule has 1 heterocycles. The standard InChI is InChI=1S/C27H31Cl2NO6S/c1-15(2)37(34,35)16(3)24(17-7-8-17)30-25(18-9-11-20(28)12-10-18)26(19-5-4-6-21(29)13-19)36-22(27(30)33)14-23(31)32/h4-6,9-13,15-17,22,24-26H,7-8,14H2,1-3H3,(H,31,32)/t16-,22+,24+,25+,26+/m0/s1. The van der Waals surface area contributed by atoms with E-state index in [0.29, 0.717) is 21.2 Å². The van der Waals surface area contributed by atoms with E-state index >= 15 is 0 Å². The van der Waals surface area contributed by atoms with Crippen molar-refractivity contribution < 1.29 is 27.9 Å². The van der Waals surface area contributed by atoms with Gasteiger partial charge in [-0.3, -0.25) is 9.59 Å². The lowest BCUT2D eigenvalue weighted by Gasteiger charge is -2.49. The van der Waals surface area contributed by atoms with Crippen molar-refractivity contribution in [2.75, 3.05) is 0 Å². The lowest BCUT2D eigenvalue weighted by atomic mass is 9.88. The van der Waals surface area contributed by atoms with Crippen molar-refractivity contribution in [3.8, 4) is 0 Å². The quantitative estimate of drug-likeness (QED) is 0.431. The fourth-order valence-electron chi connectivity index (χ4n) is 5.22. The third-order valence-corrected chi connectivity index (χ3v) is 10.4. The van der Waals surface area contributed by atoms with Gasteiger partial charge in [-0.25, -0.2) is 8.42 Å². The van der Waals surface area contributed by atoms with Crippen LogP contribution in [0, 0.1) is 5.92 Å². The Balaban J connectivity index is 1.93. The predicted octanol–water partition coefficient (Wildman–Crippen LogP) is 5.47. The highest BCUT2D eigenvalue weighted by atomic mass is 35.5. The van der Waals surface area contributed by atoms with Gasteiger partial charge in [-0.15, -0.1) is 0 Å². The molecule has 1 N–H and O–H groups in total. The van der Waals surface area contributed by atoms with Crippen LogP contribution in [0.15, 0.2) is 48.5 Å². The smallest absolute Gasteiger partial charge is 0.306 e. The van der Waals surface area contributed by atoms with Crippen molar-refractivity contribution in [3.05, 3.63) is 69.7 Å². The minimum absolute atomic E-state index is 0.0223. The van der Waals surface area contributed by atoms with Gasteiger partial charge in [-0.2, -0.15) is 0 Å². The molecule has 2 aromatic carbocycles. The largest absolute Gasteiger partial charge is 0.481 e.